The topological polar surface area (TPSA) is 64.0 Å². The van der Waals surface area contributed by atoms with Gasteiger partial charge in [0.05, 0.1) is 16.3 Å². The number of nitrogens with zero attached hydrogens (tertiary/aromatic N) is 2. The van der Waals surface area contributed by atoms with Gasteiger partial charge in [-0.2, -0.15) is 0 Å². The number of carbonyl (C=O) groups is 1. The molecule has 1 amide bonds. The summed E-state index contributed by atoms with van der Waals surface area (Å²) in [5.41, 5.74) is 1.80. The molecular weight excluding hydrogens is 426 g/mol. The van der Waals surface area contributed by atoms with Gasteiger partial charge >= 0.3 is 0 Å². The molecule has 2 unspecified atom stereocenters. The average molecular weight is 450 g/mol. The maximum atomic E-state index is 13.1. The van der Waals surface area contributed by atoms with Crippen LogP contribution in [0.3, 0.4) is 0 Å². The van der Waals surface area contributed by atoms with Crippen molar-refractivity contribution in [2.24, 2.45) is 0 Å². The number of hydrogen-bond acceptors (Lipinski definition) is 5. The number of thiophene rings is 1. The van der Waals surface area contributed by atoms with Gasteiger partial charge in [0.1, 0.15) is 4.83 Å². The predicted octanol–water partition coefficient (Wildman–Crippen LogP) is 4.85. The van der Waals surface area contributed by atoms with Crippen LogP contribution in [0.1, 0.15) is 25.3 Å². The molecular formula is C24H23N3O2S2. The Hall–Kier alpha value is -2.90. The van der Waals surface area contributed by atoms with Crippen LogP contribution < -0.4 is 10.9 Å². The lowest BCUT2D eigenvalue weighted by molar-refractivity contribution is -0.120. The molecule has 2 heterocycles. The van der Waals surface area contributed by atoms with Crippen molar-refractivity contribution in [1.29, 1.82) is 0 Å². The highest BCUT2D eigenvalue weighted by molar-refractivity contribution is 8.00. The maximum absolute atomic E-state index is 13.1. The number of aromatic nitrogens is 2. The third-order valence-electron chi connectivity index (χ3n) is 5.08. The van der Waals surface area contributed by atoms with Crippen molar-refractivity contribution < 1.29 is 4.79 Å². The Labute approximate surface area is 189 Å². The van der Waals surface area contributed by atoms with E-state index in [9.17, 15) is 9.59 Å². The molecule has 0 radical (unpaired) electrons. The van der Waals surface area contributed by atoms with Gasteiger partial charge in [-0.3, -0.25) is 14.2 Å². The molecule has 2 aromatic heterocycles. The van der Waals surface area contributed by atoms with Crippen LogP contribution in [-0.2, 0) is 4.79 Å². The van der Waals surface area contributed by atoms with Crippen LogP contribution in [0.2, 0.25) is 0 Å². The highest BCUT2D eigenvalue weighted by Crippen LogP contribution is 2.27. The maximum Gasteiger partial charge on any atom is 0.267 e. The van der Waals surface area contributed by atoms with Gasteiger partial charge in [-0.05, 0) is 42.0 Å². The van der Waals surface area contributed by atoms with Crippen molar-refractivity contribution in [3.05, 3.63) is 88.0 Å². The number of nitrogens with one attached hydrogen (secondary N) is 1. The van der Waals surface area contributed by atoms with Crippen molar-refractivity contribution >= 4 is 39.2 Å². The molecule has 2 aromatic carbocycles. The summed E-state index contributed by atoms with van der Waals surface area (Å²) >= 11 is 2.73. The summed E-state index contributed by atoms with van der Waals surface area (Å²) in [4.78, 5) is 31.3. The number of amides is 1. The van der Waals surface area contributed by atoms with Crippen LogP contribution >= 0.6 is 23.1 Å². The van der Waals surface area contributed by atoms with E-state index in [0.29, 0.717) is 21.9 Å². The molecule has 4 rings (SSSR count). The minimum Gasteiger partial charge on any atom is -0.355 e. The van der Waals surface area contributed by atoms with Gasteiger partial charge in [0.15, 0.2) is 5.16 Å². The number of thioether (sulfide) groups is 1. The molecule has 0 aliphatic heterocycles. The van der Waals surface area contributed by atoms with E-state index in [1.807, 2.05) is 60.8 Å². The number of hydrogen-bond donors (Lipinski definition) is 1. The molecule has 0 aliphatic carbocycles. The van der Waals surface area contributed by atoms with Crippen molar-refractivity contribution in [3.8, 4) is 5.69 Å². The number of rotatable bonds is 7. The van der Waals surface area contributed by atoms with E-state index in [0.717, 1.165) is 5.69 Å². The summed E-state index contributed by atoms with van der Waals surface area (Å²) in [5.74, 6) is 0.137. The Morgan fingerprint density at radius 3 is 2.45 bits per heavy atom. The number of para-hydroxylation sites is 1. The second kappa shape index (κ2) is 9.49. The number of carbonyl (C=O) groups excluding carboxylic acids is 1. The van der Waals surface area contributed by atoms with Crippen molar-refractivity contribution in [1.82, 2.24) is 14.9 Å². The fourth-order valence-electron chi connectivity index (χ4n) is 3.29. The summed E-state index contributed by atoms with van der Waals surface area (Å²) in [6, 6.07) is 21.3. The van der Waals surface area contributed by atoms with Crippen LogP contribution in [0.25, 0.3) is 15.9 Å². The van der Waals surface area contributed by atoms with E-state index in [1.165, 1.54) is 28.7 Å². The zero-order valence-corrected chi connectivity index (χ0v) is 19.0. The first-order chi connectivity index (χ1) is 15.0. The largest absolute Gasteiger partial charge is 0.355 e. The second-order valence-corrected chi connectivity index (χ2v) is 9.53. The summed E-state index contributed by atoms with van der Waals surface area (Å²) < 4.78 is 1.59. The molecule has 2 atom stereocenters. The van der Waals surface area contributed by atoms with Crippen molar-refractivity contribution in [2.45, 2.75) is 30.2 Å². The van der Waals surface area contributed by atoms with Crippen LogP contribution in [0, 0.1) is 0 Å². The van der Waals surface area contributed by atoms with Gasteiger partial charge in [-0.1, -0.05) is 67.2 Å². The lowest BCUT2D eigenvalue weighted by atomic mass is 10.0. The van der Waals surface area contributed by atoms with Gasteiger partial charge in [0.25, 0.3) is 5.56 Å². The summed E-state index contributed by atoms with van der Waals surface area (Å²) in [6.45, 7) is 4.48. The highest BCUT2D eigenvalue weighted by atomic mass is 32.2. The van der Waals surface area contributed by atoms with Crippen molar-refractivity contribution in [3.63, 3.8) is 0 Å². The van der Waals surface area contributed by atoms with Crippen molar-refractivity contribution in [2.75, 3.05) is 6.54 Å². The summed E-state index contributed by atoms with van der Waals surface area (Å²) in [5, 5.41) is 5.61. The average Bonchev–Trinajstić information content (AvgIpc) is 3.27. The first-order valence-electron chi connectivity index (χ1n) is 10.1. The normalized spacial score (nSPS) is 13.1. The molecule has 0 aliphatic rings. The monoisotopic (exact) mass is 449 g/mol. The Kier molecular flexibility index (Phi) is 6.53. The molecule has 5 nitrogen and oxygen atoms in total. The van der Waals surface area contributed by atoms with Crippen LogP contribution in [0.4, 0.5) is 0 Å². The van der Waals surface area contributed by atoms with Crippen LogP contribution in [-0.4, -0.2) is 27.3 Å². The Balaban J connectivity index is 1.55. The molecule has 0 fully saturated rings. The smallest absolute Gasteiger partial charge is 0.267 e. The van der Waals surface area contributed by atoms with Crippen LogP contribution in [0.5, 0.6) is 0 Å². The Bertz CT molecular complexity index is 1240. The van der Waals surface area contributed by atoms with E-state index in [1.54, 1.807) is 10.6 Å². The summed E-state index contributed by atoms with van der Waals surface area (Å²) in [6.07, 6.45) is 0. The van der Waals surface area contributed by atoms with E-state index < -0.39 is 5.25 Å². The molecule has 0 bridgehead atoms. The number of benzene rings is 2. The molecule has 158 valence electrons. The van der Waals surface area contributed by atoms with Gasteiger partial charge in [0.2, 0.25) is 5.91 Å². The first-order valence-corrected chi connectivity index (χ1v) is 11.9. The van der Waals surface area contributed by atoms with Gasteiger partial charge in [-0.25, -0.2) is 4.98 Å². The quantitative estimate of drug-likeness (QED) is 0.324. The lowest BCUT2D eigenvalue weighted by Crippen LogP contribution is -2.34. The SMILES string of the molecule is CC(Sc1nc2sccc2c(=O)n1-c1ccccc1)C(=O)NCC(C)c1ccccc1. The van der Waals surface area contributed by atoms with Gasteiger partial charge in [-0.15, -0.1) is 11.3 Å². The summed E-state index contributed by atoms with van der Waals surface area (Å²) in [7, 11) is 0. The van der Waals surface area contributed by atoms with E-state index in [4.69, 9.17) is 4.98 Å². The number of fused-ring (bicyclic) bond motifs is 1. The third kappa shape index (κ3) is 4.73. The second-order valence-electron chi connectivity index (χ2n) is 7.33. The van der Waals surface area contributed by atoms with Gasteiger partial charge < -0.3 is 5.32 Å². The zero-order chi connectivity index (χ0) is 21.8. The fourth-order valence-corrected chi connectivity index (χ4v) is 5.04. The Morgan fingerprint density at radius 2 is 1.74 bits per heavy atom. The standard InChI is InChI=1S/C24H23N3O2S2/c1-16(18-9-5-3-6-10-18)15-25-21(28)17(2)31-24-26-22-20(13-14-30-22)23(29)27(24)19-11-7-4-8-12-19/h3-14,16-17H,15H2,1-2H3,(H,25,28). The lowest BCUT2D eigenvalue weighted by Gasteiger charge is -2.17. The fraction of sp³-hybridized carbons (Fsp3) is 0.208. The predicted molar refractivity (Wildman–Crippen MR) is 128 cm³/mol. The molecule has 0 saturated carbocycles. The third-order valence-corrected chi connectivity index (χ3v) is 6.94. The zero-order valence-electron chi connectivity index (χ0n) is 17.3. The first kappa shape index (κ1) is 21.3. The highest BCUT2D eigenvalue weighted by Gasteiger charge is 2.21. The van der Waals surface area contributed by atoms with Crippen LogP contribution in [0.15, 0.2) is 82.1 Å². The Morgan fingerprint density at radius 1 is 1.06 bits per heavy atom. The molecule has 0 spiro atoms. The molecule has 7 heteroatoms. The van der Waals surface area contributed by atoms with E-state index >= 15 is 0 Å². The van der Waals surface area contributed by atoms with Gasteiger partial charge in [0, 0.05) is 6.54 Å². The minimum absolute atomic E-state index is 0.0760. The van der Waals surface area contributed by atoms with E-state index in [2.05, 4.69) is 24.4 Å². The minimum atomic E-state index is -0.401. The molecule has 31 heavy (non-hydrogen) atoms. The molecule has 4 aromatic rings. The molecule has 1 N–H and O–H groups in total. The molecule has 0 saturated heterocycles. The van der Waals surface area contributed by atoms with E-state index in [-0.39, 0.29) is 17.4 Å².